The van der Waals surface area contributed by atoms with Crippen LogP contribution < -0.4 is 11.1 Å². The van der Waals surface area contributed by atoms with Gasteiger partial charge in [-0.15, -0.1) is 0 Å². The molecule has 23 heavy (non-hydrogen) atoms. The number of rotatable bonds is 5. The maximum Gasteiger partial charge on any atom is 0.253 e. The molecule has 3 N–H and O–H groups in total. The van der Waals surface area contributed by atoms with Crippen molar-refractivity contribution >= 4 is 11.8 Å². The molecule has 1 aromatic carbocycles. The van der Waals surface area contributed by atoms with E-state index in [1.807, 2.05) is 30.3 Å². The summed E-state index contributed by atoms with van der Waals surface area (Å²) in [6.07, 6.45) is 4.06. The zero-order valence-corrected chi connectivity index (χ0v) is 13.4. The van der Waals surface area contributed by atoms with Gasteiger partial charge in [0.2, 0.25) is 5.91 Å². The van der Waals surface area contributed by atoms with Crippen LogP contribution in [0.15, 0.2) is 30.3 Å². The van der Waals surface area contributed by atoms with Crippen molar-refractivity contribution in [3.63, 3.8) is 0 Å². The number of carbonyl (C=O) groups excluding carboxylic acids is 2. The molecule has 2 fully saturated rings. The maximum atomic E-state index is 12.5. The molecule has 5 nitrogen and oxygen atoms in total. The predicted octanol–water partition coefficient (Wildman–Crippen LogP) is 1.39. The first kappa shape index (κ1) is 16.0. The van der Waals surface area contributed by atoms with Gasteiger partial charge in [-0.25, -0.2) is 0 Å². The van der Waals surface area contributed by atoms with Crippen LogP contribution in [0.2, 0.25) is 0 Å². The Morgan fingerprint density at radius 1 is 1.22 bits per heavy atom. The zero-order chi connectivity index (χ0) is 16.2. The van der Waals surface area contributed by atoms with E-state index in [0.29, 0.717) is 24.6 Å². The highest BCUT2D eigenvalue weighted by molar-refractivity contribution is 5.94. The number of likely N-dealkylation sites (tertiary alicyclic amines) is 1. The molecular formula is C18H25N3O2. The second-order valence-electron chi connectivity index (χ2n) is 6.70. The fourth-order valence-electron chi connectivity index (χ4n) is 3.19. The molecule has 124 valence electrons. The summed E-state index contributed by atoms with van der Waals surface area (Å²) in [6, 6.07) is 9.33. The van der Waals surface area contributed by atoms with Crippen molar-refractivity contribution in [3.8, 4) is 0 Å². The molecule has 1 aliphatic heterocycles. The van der Waals surface area contributed by atoms with Crippen molar-refractivity contribution in [2.24, 2.45) is 17.6 Å². The number of nitrogens with two attached hydrogens (primary N) is 1. The van der Waals surface area contributed by atoms with Crippen LogP contribution in [0.4, 0.5) is 0 Å². The molecule has 1 heterocycles. The van der Waals surface area contributed by atoms with Gasteiger partial charge in [0.15, 0.2) is 0 Å². The number of benzene rings is 1. The van der Waals surface area contributed by atoms with Crippen LogP contribution in [0.25, 0.3) is 0 Å². The lowest BCUT2D eigenvalue weighted by Crippen LogP contribution is -2.47. The number of carbonyl (C=O) groups is 2. The van der Waals surface area contributed by atoms with Crippen molar-refractivity contribution < 1.29 is 9.59 Å². The molecule has 1 aliphatic carbocycles. The lowest BCUT2D eigenvalue weighted by atomic mass is 9.96. The first-order chi connectivity index (χ1) is 11.1. The van der Waals surface area contributed by atoms with E-state index in [-0.39, 0.29) is 23.8 Å². The largest absolute Gasteiger partial charge is 0.354 e. The summed E-state index contributed by atoms with van der Waals surface area (Å²) in [5.74, 6) is 0.505. The van der Waals surface area contributed by atoms with E-state index in [4.69, 9.17) is 5.73 Å². The minimum Gasteiger partial charge on any atom is -0.354 e. The summed E-state index contributed by atoms with van der Waals surface area (Å²) in [4.78, 5) is 26.6. The Morgan fingerprint density at radius 3 is 2.65 bits per heavy atom. The third kappa shape index (κ3) is 4.10. The summed E-state index contributed by atoms with van der Waals surface area (Å²) in [7, 11) is 0. The van der Waals surface area contributed by atoms with Crippen LogP contribution in [0.3, 0.4) is 0 Å². The molecule has 2 aliphatic rings. The molecule has 1 aromatic rings. The van der Waals surface area contributed by atoms with Gasteiger partial charge in [-0.05, 0) is 43.7 Å². The molecule has 1 saturated carbocycles. The van der Waals surface area contributed by atoms with E-state index in [1.165, 1.54) is 12.8 Å². The van der Waals surface area contributed by atoms with Gasteiger partial charge >= 0.3 is 0 Å². The van der Waals surface area contributed by atoms with Crippen LogP contribution >= 0.6 is 0 Å². The Bertz CT molecular complexity index is 557. The van der Waals surface area contributed by atoms with Crippen LogP contribution in [0.5, 0.6) is 0 Å². The quantitative estimate of drug-likeness (QED) is 0.862. The Balaban J connectivity index is 1.53. The SMILES string of the molecule is NC(CNC(=O)C1CCCN(C(=O)c2ccccc2)C1)C1CC1. The first-order valence-corrected chi connectivity index (χ1v) is 8.53. The Kier molecular flexibility index (Phi) is 4.96. The third-order valence-corrected chi connectivity index (χ3v) is 4.84. The van der Waals surface area contributed by atoms with Gasteiger partial charge in [-0.1, -0.05) is 18.2 Å². The van der Waals surface area contributed by atoms with Crippen LogP contribution in [-0.2, 0) is 4.79 Å². The summed E-state index contributed by atoms with van der Waals surface area (Å²) < 4.78 is 0. The fraction of sp³-hybridized carbons (Fsp3) is 0.556. The third-order valence-electron chi connectivity index (χ3n) is 4.84. The molecule has 2 unspecified atom stereocenters. The van der Waals surface area contributed by atoms with E-state index in [9.17, 15) is 9.59 Å². The monoisotopic (exact) mass is 315 g/mol. The highest BCUT2D eigenvalue weighted by atomic mass is 16.2. The van der Waals surface area contributed by atoms with Crippen LogP contribution in [-0.4, -0.2) is 42.4 Å². The van der Waals surface area contributed by atoms with E-state index in [1.54, 1.807) is 4.90 Å². The Labute approximate surface area is 137 Å². The highest BCUT2D eigenvalue weighted by Crippen LogP contribution is 2.31. The average molecular weight is 315 g/mol. The predicted molar refractivity (Wildman–Crippen MR) is 88.8 cm³/mol. The number of hydrogen-bond donors (Lipinski definition) is 2. The van der Waals surface area contributed by atoms with E-state index < -0.39 is 0 Å². The Morgan fingerprint density at radius 2 is 1.96 bits per heavy atom. The molecule has 0 bridgehead atoms. The first-order valence-electron chi connectivity index (χ1n) is 8.53. The molecule has 2 atom stereocenters. The standard InChI is InChI=1S/C18H25N3O2/c19-16(13-8-9-13)11-20-17(22)15-7-4-10-21(12-15)18(23)14-5-2-1-3-6-14/h1-3,5-6,13,15-16H,4,7-12,19H2,(H,20,22). The van der Waals surface area contributed by atoms with Gasteiger partial charge in [0, 0.05) is 31.2 Å². The second kappa shape index (κ2) is 7.13. The number of hydrogen-bond acceptors (Lipinski definition) is 3. The zero-order valence-electron chi connectivity index (χ0n) is 13.4. The molecule has 0 aromatic heterocycles. The highest BCUT2D eigenvalue weighted by Gasteiger charge is 2.31. The number of amides is 2. The van der Waals surface area contributed by atoms with E-state index in [0.717, 1.165) is 19.4 Å². The van der Waals surface area contributed by atoms with Gasteiger partial charge in [-0.3, -0.25) is 9.59 Å². The maximum absolute atomic E-state index is 12.5. The lowest BCUT2D eigenvalue weighted by Gasteiger charge is -2.32. The molecule has 0 spiro atoms. The Hall–Kier alpha value is -1.88. The van der Waals surface area contributed by atoms with Crippen LogP contribution in [0, 0.1) is 11.8 Å². The second-order valence-corrected chi connectivity index (χ2v) is 6.70. The molecular weight excluding hydrogens is 290 g/mol. The summed E-state index contributed by atoms with van der Waals surface area (Å²) in [5, 5.41) is 2.97. The van der Waals surface area contributed by atoms with Crippen molar-refractivity contribution in [2.75, 3.05) is 19.6 Å². The van der Waals surface area contributed by atoms with Gasteiger partial charge < -0.3 is 16.0 Å². The fourth-order valence-corrected chi connectivity index (χ4v) is 3.19. The number of nitrogens with zero attached hydrogens (tertiary/aromatic N) is 1. The molecule has 1 saturated heterocycles. The minimum atomic E-state index is -0.122. The van der Waals surface area contributed by atoms with Crippen LogP contribution in [0.1, 0.15) is 36.0 Å². The molecule has 5 heteroatoms. The lowest BCUT2D eigenvalue weighted by molar-refractivity contribution is -0.126. The van der Waals surface area contributed by atoms with Crippen molar-refractivity contribution in [1.29, 1.82) is 0 Å². The summed E-state index contributed by atoms with van der Waals surface area (Å²) >= 11 is 0. The minimum absolute atomic E-state index is 0.0118. The average Bonchev–Trinajstić information content (AvgIpc) is 3.44. The normalized spacial score (nSPS) is 22.5. The summed E-state index contributed by atoms with van der Waals surface area (Å²) in [5.41, 5.74) is 6.71. The smallest absolute Gasteiger partial charge is 0.253 e. The van der Waals surface area contributed by atoms with Gasteiger partial charge in [0.25, 0.3) is 5.91 Å². The molecule has 0 radical (unpaired) electrons. The number of piperidine rings is 1. The van der Waals surface area contributed by atoms with E-state index >= 15 is 0 Å². The molecule has 2 amide bonds. The van der Waals surface area contributed by atoms with Gasteiger partial charge in [-0.2, -0.15) is 0 Å². The van der Waals surface area contributed by atoms with Gasteiger partial charge in [0.1, 0.15) is 0 Å². The van der Waals surface area contributed by atoms with Crippen molar-refractivity contribution in [2.45, 2.75) is 31.7 Å². The van der Waals surface area contributed by atoms with E-state index in [2.05, 4.69) is 5.32 Å². The number of nitrogens with one attached hydrogen (secondary N) is 1. The van der Waals surface area contributed by atoms with Gasteiger partial charge in [0.05, 0.1) is 5.92 Å². The topological polar surface area (TPSA) is 75.4 Å². The summed E-state index contributed by atoms with van der Waals surface area (Å²) in [6.45, 7) is 1.77. The molecule has 3 rings (SSSR count). The van der Waals surface area contributed by atoms with Crippen molar-refractivity contribution in [1.82, 2.24) is 10.2 Å². The van der Waals surface area contributed by atoms with Crippen molar-refractivity contribution in [3.05, 3.63) is 35.9 Å².